The fourth-order valence-corrected chi connectivity index (χ4v) is 5.18. The molecule has 3 aromatic carbocycles. The molecule has 0 atom stereocenters. The van der Waals surface area contributed by atoms with E-state index in [-0.39, 0.29) is 11.6 Å². The highest BCUT2D eigenvalue weighted by Gasteiger charge is 2.30. The third-order valence-electron chi connectivity index (χ3n) is 4.84. The number of ketones is 2. The van der Waals surface area contributed by atoms with Crippen LogP contribution in [0.15, 0.2) is 66.7 Å². The fraction of sp³-hybridized carbons (Fsp3) is 0.130. The third-order valence-corrected chi connectivity index (χ3v) is 7.38. The molecule has 0 amide bonds. The van der Waals surface area contributed by atoms with E-state index in [1.54, 1.807) is 60.7 Å². The summed E-state index contributed by atoms with van der Waals surface area (Å²) in [5.41, 5.74) is 1.52. The summed E-state index contributed by atoms with van der Waals surface area (Å²) in [7, 11) is -3.31. The van der Waals surface area contributed by atoms with Gasteiger partial charge in [-0.25, -0.2) is 0 Å². The molecule has 0 N–H and O–H groups in total. The van der Waals surface area contributed by atoms with Gasteiger partial charge >= 0.3 is 7.60 Å². The number of rotatable bonds is 5. The second-order valence-corrected chi connectivity index (χ2v) is 9.80. The molecule has 0 radical (unpaired) electrons. The average Bonchev–Trinajstić information content (AvgIpc) is 2.80. The maximum atomic E-state index is 12.8. The lowest BCUT2D eigenvalue weighted by Gasteiger charge is -2.23. The summed E-state index contributed by atoms with van der Waals surface area (Å²) in [6.07, 6.45) is 0.697. The molecule has 5 nitrogen and oxygen atoms in total. The topological polar surface area (TPSA) is 69.7 Å². The van der Waals surface area contributed by atoms with Crippen LogP contribution in [-0.2, 0) is 13.6 Å². The van der Waals surface area contributed by atoms with Crippen molar-refractivity contribution in [2.45, 2.75) is 6.42 Å². The summed E-state index contributed by atoms with van der Waals surface area (Å²) in [4.78, 5) is 25.5. The second kappa shape index (κ2) is 9.07. The Bertz CT molecular complexity index is 1180. The smallest absolute Gasteiger partial charge is 0.305 e. The Labute approximate surface area is 189 Å². The van der Waals surface area contributed by atoms with E-state index in [2.05, 4.69) is 0 Å². The molecule has 1 aliphatic heterocycles. The van der Waals surface area contributed by atoms with Crippen molar-refractivity contribution in [3.63, 3.8) is 0 Å². The zero-order valence-electron chi connectivity index (χ0n) is 16.2. The lowest BCUT2D eigenvalue weighted by Crippen LogP contribution is -2.17. The number of halogens is 2. The molecule has 3 aromatic rings. The number of carbonyl (C=O) groups is 2. The second-order valence-electron chi connectivity index (χ2n) is 6.92. The van der Waals surface area contributed by atoms with Crippen molar-refractivity contribution >= 4 is 47.7 Å². The van der Waals surface area contributed by atoms with E-state index in [0.29, 0.717) is 57.2 Å². The first-order chi connectivity index (χ1) is 14.9. The van der Waals surface area contributed by atoms with Crippen molar-refractivity contribution in [1.82, 2.24) is 0 Å². The van der Waals surface area contributed by atoms with Gasteiger partial charge in [-0.3, -0.25) is 14.2 Å². The van der Waals surface area contributed by atoms with Gasteiger partial charge in [-0.1, -0.05) is 59.6 Å². The normalized spacial score (nSPS) is 15.4. The van der Waals surface area contributed by atoms with Crippen LogP contribution in [-0.4, -0.2) is 24.8 Å². The summed E-state index contributed by atoms with van der Waals surface area (Å²) in [6.45, 7) is 0.757. The largest absolute Gasteiger partial charge is 0.361 e. The van der Waals surface area contributed by atoms with Crippen molar-refractivity contribution in [1.29, 1.82) is 0 Å². The van der Waals surface area contributed by atoms with Gasteiger partial charge in [-0.15, -0.1) is 0 Å². The Morgan fingerprint density at radius 2 is 1.26 bits per heavy atom. The van der Waals surface area contributed by atoms with Gasteiger partial charge in [0.15, 0.2) is 11.6 Å². The van der Waals surface area contributed by atoms with Crippen LogP contribution in [0.25, 0.3) is 0 Å². The van der Waals surface area contributed by atoms with Crippen LogP contribution in [0.2, 0.25) is 10.0 Å². The molecule has 0 saturated carbocycles. The van der Waals surface area contributed by atoms with Crippen LogP contribution >= 0.6 is 30.8 Å². The Morgan fingerprint density at radius 1 is 0.742 bits per heavy atom. The van der Waals surface area contributed by atoms with Gasteiger partial charge in [0, 0.05) is 27.3 Å². The van der Waals surface area contributed by atoms with Crippen molar-refractivity contribution in [3.8, 4) is 0 Å². The molecule has 0 aromatic heterocycles. The molecular weight excluding hydrogens is 458 g/mol. The molecule has 4 rings (SSSR count). The summed E-state index contributed by atoms with van der Waals surface area (Å²) >= 11 is 12.1. The number of benzene rings is 3. The van der Waals surface area contributed by atoms with Crippen molar-refractivity contribution in [2.75, 3.05) is 13.2 Å². The fourth-order valence-electron chi connectivity index (χ4n) is 3.18. The Morgan fingerprint density at radius 3 is 1.84 bits per heavy atom. The van der Waals surface area contributed by atoms with Crippen molar-refractivity contribution in [3.05, 3.63) is 99.0 Å². The van der Waals surface area contributed by atoms with Gasteiger partial charge in [0.25, 0.3) is 0 Å². The summed E-state index contributed by atoms with van der Waals surface area (Å²) in [5, 5.41) is 1.14. The van der Waals surface area contributed by atoms with Crippen molar-refractivity contribution in [2.24, 2.45) is 0 Å². The van der Waals surface area contributed by atoms with Gasteiger partial charge < -0.3 is 9.05 Å². The monoisotopic (exact) mass is 474 g/mol. The summed E-state index contributed by atoms with van der Waals surface area (Å²) in [5.74, 6) is -0.511. The molecule has 0 spiro atoms. The Kier molecular flexibility index (Phi) is 6.42. The first-order valence-corrected chi connectivity index (χ1v) is 11.8. The lowest BCUT2D eigenvalue weighted by atomic mass is 9.98. The first-order valence-electron chi connectivity index (χ1n) is 9.52. The summed E-state index contributed by atoms with van der Waals surface area (Å²) in [6, 6.07) is 17.3. The first kappa shape index (κ1) is 21.9. The highest BCUT2D eigenvalue weighted by atomic mass is 35.5. The molecule has 158 valence electrons. The molecule has 0 aliphatic carbocycles. The third kappa shape index (κ3) is 4.67. The predicted octanol–water partition coefficient (Wildman–Crippen LogP) is 5.71. The van der Waals surface area contributed by atoms with Crippen LogP contribution in [0, 0.1) is 0 Å². The SMILES string of the molecule is O=C(c1ccc(C(=O)c2cc(Cl)ccc2Cl)cc1)c1ccc(P2(=O)OCCCO2)cc1. The minimum Gasteiger partial charge on any atom is -0.305 e. The molecule has 0 unspecified atom stereocenters. The highest BCUT2D eigenvalue weighted by molar-refractivity contribution is 7.62. The Hall–Kier alpha value is -2.27. The number of hydrogen-bond donors (Lipinski definition) is 0. The van der Waals surface area contributed by atoms with E-state index < -0.39 is 7.60 Å². The van der Waals surface area contributed by atoms with E-state index in [0.717, 1.165) is 0 Å². The molecule has 8 heteroatoms. The molecule has 1 heterocycles. The molecule has 0 bridgehead atoms. The molecule has 31 heavy (non-hydrogen) atoms. The van der Waals surface area contributed by atoms with Crippen LogP contribution in [0.3, 0.4) is 0 Å². The van der Waals surface area contributed by atoms with E-state index in [1.807, 2.05) is 0 Å². The van der Waals surface area contributed by atoms with Gasteiger partial charge in [0.05, 0.1) is 23.5 Å². The van der Waals surface area contributed by atoms with Gasteiger partial charge in [0.1, 0.15) is 0 Å². The minimum atomic E-state index is -3.31. The lowest BCUT2D eigenvalue weighted by molar-refractivity contribution is 0.102. The quantitative estimate of drug-likeness (QED) is 0.349. The molecule has 1 saturated heterocycles. The van der Waals surface area contributed by atoms with E-state index in [1.165, 1.54) is 6.07 Å². The Balaban J connectivity index is 1.52. The van der Waals surface area contributed by atoms with Crippen molar-refractivity contribution < 1.29 is 23.2 Å². The molecule has 1 aliphatic rings. The predicted molar refractivity (Wildman–Crippen MR) is 120 cm³/mol. The van der Waals surface area contributed by atoms with Crippen LogP contribution < -0.4 is 5.30 Å². The van der Waals surface area contributed by atoms with Gasteiger partial charge in [-0.05, 0) is 36.8 Å². The van der Waals surface area contributed by atoms with E-state index in [9.17, 15) is 14.2 Å². The minimum absolute atomic E-state index is 0.227. The van der Waals surface area contributed by atoms with E-state index >= 15 is 0 Å². The van der Waals surface area contributed by atoms with Gasteiger partial charge in [0.2, 0.25) is 0 Å². The van der Waals surface area contributed by atoms with Crippen LogP contribution in [0.4, 0.5) is 0 Å². The molecule has 1 fully saturated rings. The maximum Gasteiger partial charge on any atom is 0.361 e. The number of hydrogen-bond acceptors (Lipinski definition) is 5. The standard InChI is InChI=1S/C23H17Cl2O5P/c24-18-8-11-21(25)20(14-18)23(27)17-4-2-15(3-5-17)22(26)16-6-9-19(10-7-16)31(28)29-12-1-13-30-31/h2-11,14H,1,12-13H2. The van der Waals surface area contributed by atoms with Crippen LogP contribution in [0.5, 0.6) is 0 Å². The zero-order chi connectivity index (χ0) is 22.0. The molecular formula is C23H17Cl2O5P. The van der Waals surface area contributed by atoms with Crippen LogP contribution in [0.1, 0.15) is 38.3 Å². The average molecular weight is 475 g/mol. The highest BCUT2D eigenvalue weighted by Crippen LogP contribution is 2.49. The maximum absolute atomic E-state index is 12.8. The number of carbonyl (C=O) groups excluding carboxylic acids is 2. The summed E-state index contributed by atoms with van der Waals surface area (Å²) < 4.78 is 23.3. The zero-order valence-corrected chi connectivity index (χ0v) is 18.6. The van der Waals surface area contributed by atoms with Gasteiger partial charge in [-0.2, -0.15) is 0 Å². The van der Waals surface area contributed by atoms with E-state index in [4.69, 9.17) is 32.2 Å².